The first kappa shape index (κ1) is 15.2. The SMILES string of the molecule is CN(C)CC(=O)N1CC2(C1)OCC[C@@H]2COc1ccccn1. The maximum absolute atomic E-state index is 12.0. The quantitative estimate of drug-likeness (QED) is 0.799. The van der Waals surface area contributed by atoms with Crippen LogP contribution in [0.25, 0.3) is 0 Å². The van der Waals surface area contributed by atoms with Gasteiger partial charge >= 0.3 is 0 Å². The second kappa shape index (κ2) is 6.22. The van der Waals surface area contributed by atoms with Gasteiger partial charge in [0.1, 0.15) is 5.60 Å². The van der Waals surface area contributed by atoms with Gasteiger partial charge in [-0.25, -0.2) is 4.98 Å². The lowest BCUT2D eigenvalue weighted by Crippen LogP contribution is -2.67. The Balaban J connectivity index is 1.53. The molecule has 0 radical (unpaired) electrons. The Hall–Kier alpha value is -1.66. The van der Waals surface area contributed by atoms with E-state index in [-0.39, 0.29) is 11.5 Å². The number of likely N-dealkylation sites (tertiary alicyclic amines) is 1. The molecule has 2 saturated heterocycles. The van der Waals surface area contributed by atoms with Crippen LogP contribution in [0, 0.1) is 5.92 Å². The molecule has 0 unspecified atom stereocenters. The molecule has 6 heteroatoms. The van der Waals surface area contributed by atoms with E-state index in [1.807, 2.05) is 42.1 Å². The number of ether oxygens (including phenoxy) is 2. The highest BCUT2D eigenvalue weighted by molar-refractivity contribution is 5.79. The van der Waals surface area contributed by atoms with E-state index in [9.17, 15) is 4.79 Å². The Labute approximate surface area is 131 Å². The largest absolute Gasteiger partial charge is 0.477 e. The number of nitrogens with zero attached hydrogens (tertiary/aromatic N) is 3. The molecule has 0 aliphatic carbocycles. The van der Waals surface area contributed by atoms with E-state index in [2.05, 4.69) is 4.98 Å². The molecule has 3 heterocycles. The summed E-state index contributed by atoms with van der Waals surface area (Å²) in [5.41, 5.74) is -0.212. The van der Waals surface area contributed by atoms with Crippen molar-refractivity contribution in [1.29, 1.82) is 0 Å². The van der Waals surface area contributed by atoms with Gasteiger partial charge in [0.25, 0.3) is 0 Å². The third kappa shape index (κ3) is 3.08. The van der Waals surface area contributed by atoms with E-state index in [1.54, 1.807) is 6.20 Å². The zero-order valence-electron chi connectivity index (χ0n) is 13.2. The van der Waals surface area contributed by atoms with Crippen molar-refractivity contribution < 1.29 is 14.3 Å². The van der Waals surface area contributed by atoms with Crippen molar-refractivity contribution >= 4 is 5.91 Å². The van der Waals surface area contributed by atoms with Crippen LogP contribution in [0.1, 0.15) is 6.42 Å². The third-order valence-corrected chi connectivity index (χ3v) is 4.39. The molecular weight excluding hydrogens is 282 g/mol. The third-order valence-electron chi connectivity index (χ3n) is 4.39. The van der Waals surface area contributed by atoms with E-state index < -0.39 is 0 Å². The molecule has 1 atom stereocenters. The highest BCUT2D eigenvalue weighted by atomic mass is 16.5. The number of amides is 1. The number of hydrogen-bond acceptors (Lipinski definition) is 5. The molecule has 22 heavy (non-hydrogen) atoms. The van der Waals surface area contributed by atoms with Crippen molar-refractivity contribution in [2.75, 3.05) is 46.9 Å². The number of likely N-dealkylation sites (N-methyl/N-ethyl adjacent to an activating group) is 1. The number of hydrogen-bond donors (Lipinski definition) is 0. The van der Waals surface area contributed by atoms with Crippen LogP contribution in [0.5, 0.6) is 5.88 Å². The van der Waals surface area contributed by atoms with Crippen molar-refractivity contribution in [3.63, 3.8) is 0 Å². The monoisotopic (exact) mass is 305 g/mol. The van der Waals surface area contributed by atoms with Gasteiger partial charge in [-0.15, -0.1) is 0 Å². The maximum Gasteiger partial charge on any atom is 0.236 e. The molecule has 0 bridgehead atoms. The summed E-state index contributed by atoms with van der Waals surface area (Å²) in [6.45, 7) is 3.13. The van der Waals surface area contributed by atoms with Gasteiger partial charge < -0.3 is 19.3 Å². The van der Waals surface area contributed by atoms with Crippen molar-refractivity contribution in [3.05, 3.63) is 24.4 Å². The van der Waals surface area contributed by atoms with Gasteiger partial charge in [0.05, 0.1) is 26.2 Å². The summed E-state index contributed by atoms with van der Waals surface area (Å²) >= 11 is 0. The van der Waals surface area contributed by atoms with E-state index in [0.29, 0.717) is 38.0 Å². The van der Waals surface area contributed by atoms with E-state index in [0.717, 1.165) is 13.0 Å². The minimum Gasteiger partial charge on any atom is -0.477 e. The van der Waals surface area contributed by atoms with E-state index >= 15 is 0 Å². The molecule has 6 nitrogen and oxygen atoms in total. The normalized spacial score (nSPS) is 22.9. The number of aromatic nitrogens is 1. The average molecular weight is 305 g/mol. The molecule has 1 aromatic rings. The summed E-state index contributed by atoms with van der Waals surface area (Å²) < 4.78 is 11.7. The molecule has 1 amide bonds. The van der Waals surface area contributed by atoms with Gasteiger partial charge in [-0.2, -0.15) is 0 Å². The van der Waals surface area contributed by atoms with Crippen molar-refractivity contribution in [2.24, 2.45) is 5.92 Å². The van der Waals surface area contributed by atoms with Crippen LogP contribution in [-0.4, -0.2) is 73.2 Å². The van der Waals surface area contributed by atoms with Crippen molar-refractivity contribution in [3.8, 4) is 5.88 Å². The lowest BCUT2D eigenvalue weighted by Gasteiger charge is -2.50. The van der Waals surface area contributed by atoms with Crippen molar-refractivity contribution in [1.82, 2.24) is 14.8 Å². The van der Waals surface area contributed by atoms with Gasteiger partial charge in [-0.1, -0.05) is 6.07 Å². The minimum atomic E-state index is -0.212. The summed E-state index contributed by atoms with van der Waals surface area (Å²) in [4.78, 5) is 20.0. The summed E-state index contributed by atoms with van der Waals surface area (Å²) in [5.74, 6) is 1.12. The molecular formula is C16H23N3O3. The minimum absolute atomic E-state index is 0.163. The molecule has 3 rings (SSSR count). The number of rotatable bonds is 5. The lowest BCUT2D eigenvalue weighted by atomic mass is 9.81. The summed E-state index contributed by atoms with van der Waals surface area (Å²) in [6.07, 6.45) is 2.70. The fraction of sp³-hybridized carbons (Fsp3) is 0.625. The van der Waals surface area contributed by atoms with Gasteiger partial charge in [0, 0.05) is 24.8 Å². The van der Waals surface area contributed by atoms with E-state index in [4.69, 9.17) is 9.47 Å². The molecule has 2 fully saturated rings. The summed E-state index contributed by atoms with van der Waals surface area (Å²) in [7, 11) is 3.81. The molecule has 1 spiro atoms. The zero-order valence-corrected chi connectivity index (χ0v) is 13.2. The fourth-order valence-electron chi connectivity index (χ4n) is 3.14. The lowest BCUT2D eigenvalue weighted by molar-refractivity contribution is -0.167. The Morgan fingerprint density at radius 1 is 1.50 bits per heavy atom. The fourth-order valence-corrected chi connectivity index (χ4v) is 3.14. The first-order valence-electron chi connectivity index (χ1n) is 7.69. The standard InChI is InChI=1S/C16H23N3O3/c1-18(2)9-15(20)19-11-16(12-19)13(6-8-22-16)10-21-14-5-3-4-7-17-14/h3-5,7,13H,6,8-12H2,1-2H3/t13-/m1/s1. The second-order valence-corrected chi connectivity index (χ2v) is 6.37. The molecule has 1 aromatic heterocycles. The van der Waals surface area contributed by atoms with E-state index in [1.165, 1.54) is 0 Å². The first-order chi connectivity index (χ1) is 10.6. The highest BCUT2D eigenvalue weighted by Crippen LogP contribution is 2.40. The molecule has 0 N–H and O–H groups in total. The zero-order chi connectivity index (χ0) is 15.6. The van der Waals surface area contributed by atoms with Crippen LogP contribution < -0.4 is 4.74 Å². The molecule has 2 aliphatic heterocycles. The Morgan fingerprint density at radius 2 is 2.32 bits per heavy atom. The van der Waals surface area contributed by atoms with Gasteiger partial charge in [-0.05, 0) is 26.6 Å². The molecule has 0 saturated carbocycles. The second-order valence-electron chi connectivity index (χ2n) is 6.37. The smallest absolute Gasteiger partial charge is 0.236 e. The van der Waals surface area contributed by atoms with Gasteiger partial charge in [0.2, 0.25) is 11.8 Å². The number of pyridine rings is 1. The number of carbonyl (C=O) groups is 1. The predicted molar refractivity (Wildman–Crippen MR) is 81.7 cm³/mol. The predicted octanol–water partition coefficient (Wildman–Crippen LogP) is 0.639. The van der Waals surface area contributed by atoms with Gasteiger partial charge in [0.15, 0.2) is 0 Å². The summed E-state index contributed by atoms with van der Waals surface area (Å²) in [5, 5.41) is 0. The number of carbonyl (C=O) groups excluding carboxylic acids is 1. The van der Waals surface area contributed by atoms with Crippen molar-refractivity contribution in [2.45, 2.75) is 12.0 Å². The molecule has 2 aliphatic rings. The Kier molecular flexibility index (Phi) is 4.31. The summed E-state index contributed by atoms with van der Waals surface area (Å²) in [6, 6.07) is 5.64. The highest BCUT2D eigenvalue weighted by Gasteiger charge is 2.54. The molecule has 0 aromatic carbocycles. The van der Waals surface area contributed by atoms with Crippen LogP contribution in [-0.2, 0) is 9.53 Å². The average Bonchev–Trinajstić information content (AvgIpc) is 2.87. The topological polar surface area (TPSA) is 54.9 Å². The Morgan fingerprint density at radius 3 is 3.00 bits per heavy atom. The van der Waals surface area contributed by atoms with Crippen LogP contribution >= 0.6 is 0 Å². The first-order valence-corrected chi connectivity index (χ1v) is 7.69. The van der Waals surface area contributed by atoms with Gasteiger partial charge in [-0.3, -0.25) is 4.79 Å². The van der Waals surface area contributed by atoms with Crippen LogP contribution in [0.2, 0.25) is 0 Å². The van der Waals surface area contributed by atoms with Crippen LogP contribution in [0.3, 0.4) is 0 Å². The van der Waals surface area contributed by atoms with Crippen LogP contribution in [0.4, 0.5) is 0 Å². The molecule has 120 valence electrons. The maximum atomic E-state index is 12.0. The van der Waals surface area contributed by atoms with Crippen LogP contribution in [0.15, 0.2) is 24.4 Å². The Bertz CT molecular complexity index is 515.